The van der Waals surface area contributed by atoms with Crippen LogP contribution in [0.4, 0.5) is 0 Å². The molecule has 0 aromatic heterocycles. The summed E-state index contributed by atoms with van der Waals surface area (Å²) in [5.41, 5.74) is 0. The Labute approximate surface area is 65.5 Å². The first kappa shape index (κ1) is 12.5. The molecule has 64 valence electrons. The molecule has 0 aromatic rings. The SMILES string of the molecule is CCCCC(=O)OC.O=C=O. The van der Waals surface area contributed by atoms with Crippen molar-refractivity contribution in [2.75, 3.05) is 7.11 Å². The fourth-order valence-corrected chi connectivity index (χ4v) is 0.423. The number of esters is 1. The van der Waals surface area contributed by atoms with Crippen LogP contribution in [0.5, 0.6) is 0 Å². The summed E-state index contributed by atoms with van der Waals surface area (Å²) in [4.78, 5) is 26.6. The van der Waals surface area contributed by atoms with E-state index in [1.807, 2.05) is 6.92 Å². The Kier molecular flexibility index (Phi) is 13.2. The van der Waals surface area contributed by atoms with Crippen molar-refractivity contribution in [3.8, 4) is 0 Å². The normalized spacial score (nSPS) is 7.09. The predicted octanol–water partition coefficient (Wildman–Crippen LogP) is 0.766. The van der Waals surface area contributed by atoms with Crippen LogP contribution in [-0.4, -0.2) is 19.2 Å². The molecule has 0 bridgehead atoms. The summed E-state index contributed by atoms with van der Waals surface area (Å²) in [5, 5.41) is 0. The Balaban J connectivity index is 0. The van der Waals surface area contributed by atoms with E-state index in [0.717, 1.165) is 12.8 Å². The largest absolute Gasteiger partial charge is 0.469 e. The molecule has 0 radical (unpaired) electrons. The summed E-state index contributed by atoms with van der Waals surface area (Å²) in [6.07, 6.45) is 2.80. The number of methoxy groups -OCH3 is 1. The first-order valence-electron chi connectivity index (χ1n) is 3.29. The lowest BCUT2D eigenvalue weighted by atomic mass is 10.3. The Hall–Kier alpha value is -1.15. The van der Waals surface area contributed by atoms with Crippen LogP contribution in [0.3, 0.4) is 0 Å². The first-order chi connectivity index (χ1) is 5.22. The lowest BCUT2D eigenvalue weighted by Gasteiger charge is -1.93. The van der Waals surface area contributed by atoms with Gasteiger partial charge in [0, 0.05) is 6.42 Å². The molecule has 0 aliphatic rings. The van der Waals surface area contributed by atoms with Gasteiger partial charge in [0.25, 0.3) is 0 Å². The van der Waals surface area contributed by atoms with Crippen LogP contribution in [0, 0.1) is 0 Å². The molecule has 0 saturated heterocycles. The van der Waals surface area contributed by atoms with Gasteiger partial charge in [-0.1, -0.05) is 13.3 Å². The van der Waals surface area contributed by atoms with Crippen molar-refractivity contribution in [1.82, 2.24) is 0 Å². The molecule has 0 heterocycles. The third kappa shape index (κ3) is 17.7. The molecule has 0 rings (SSSR count). The van der Waals surface area contributed by atoms with E-state index in [0.29, 0.717) is 6.42 Å². The number of carbonyl (C=O) groups is 1. The number of carbonyl (C=O) groups excluding carboxylic acids is 3. The standard InChI is InChI=1S/C6H12O2.CO2/c1-3-4-5-6(7)8-2;2-1-3/h3-5H2,1-2H3;. The minimum absolute atomic E-state index is 0.105. The Morgan fingerprint density at radius 1 is 1.45 bits per heavy atom. The lowest BCUT2D eigenvalue weighted by Crippen LogP contribution is -1.98. The van der Waals surface area contributed by atoms with Crippen LogP contribution >= 0.6 is 0 Å². The number of hydrogen-bond acceptors (Lipinski definition) is 4. The minimum atomic E-state index is -0.105. The highest BCUT2D eigenvalue weighted by Gasteiger charge is 1.95. The summed E-state index contributed by atoms with van der Waals surface area (Å²) in [6, 6.07) is 0. The number of ether oxygens (including phenoxy) is 1. The number of rotatable bonds is 3. The predicted molar refractivity (Wildman–Crippen MR) is 36.5 cm³/mol. The summed E-state index contributed by atoms with van der Waals surface area (Å²) < 4.78 is 4.41. The smallest absolute Gasteiger partial charge is 0.373 e. The van der Waals surface area contributed by atoms with Gasteiger partial charge in [-0.05, 0) is 6.42 Å². The highest BCUT2D eigenvalue weighted by Crippen LogP contribution is 1.94. The zero-order chi connectivity index (χ0) is 9.11. The summed E-state index contributed by atoms with van der Waals surface area (Å²) in [6.45, 7) is 2.04. The van der Waals surface area contributed by atoms with Crippen LogP contribution in [0.15, 0.2) is 0 Å². The van der Waals surface area contributed by atoms with Crippen LogP contribution in [-0.2, 0) is 19.1 Å². The van der Waals surface area contributed by atoms with Gasteiger partial charge in [-0.3, -0.25) is 4.79 Å². The van der Waals surface area contributed by atoms with Gasteiger partial charge in [-0.25, -0.2) is 0 Å². The van der Waals surface area contributed by atoms with Gasteiger partial charge in [0.15, 0.2) is 0 Å². The van der Waals surface area contributed by atoms with Gasteiger partial charge in [0.2, 0.25) is 0 Å². The van der Waals surface area contributed by atoms with Crippen LogP contribution in [0.1, 0.15) is 26.2 Å². The van der Waals surface area contributed by atoms with Gasteiger partial charge < -0.3 is 4.74 Å². The molecule has 4 heteroatoms. The van der Waals surface area contributed by atoms with Gasteiger partial charge in [0.05, 0.1) is 7.11 Å². The molecule has 0 N–H and O–H groups in total. The van der Waals surface area contributed by atoms with E-state index in [-0.39, 0.29) is 12.1 Å². The van der Waals surface area contributed by atoms with Crippen molar-refractivity contribution < 1.29 is 19.1 Å². The highest BCUT2D eigenvalue weighted by atomic mass is 16.5. The summed E-state index contributed by atoms with van der Waals surface area (Å²) >= 11 is 0. The Bertz CT molecular complexity index is 124. The third-order valence-electron chi connectivity index (χ3n) is 0.962. The maximum absolute atomic E-state index is 10.3. The van der Waals surface area contributed by atoms with Gasteiger partial charge in [-0.15, -0.1) is 0 Å². The van der Waals surface area contributed by atoms with Crippen molar-refractivity contribution in [3.63, 3.8) is 0 Å². The number of hydrogen-bond donors (Lipinski definition) is 0. The van der Waals surface area contributed by atoms with E-state index in [1.54, 1.807) is 0 Å². The molecule has 0 aromatic carbocycles. The zero-order valence-corrected chi connectivity index (χ0v) is 6.75. The fourth-order valence-electron chi connectivity index (χ4n) is 0.423. The molecule has 0 aliphatic heterocycles. The maximum Gasteiger partial charge on any atom is 0.373 e. The molecule has 0 fully saturated rings. The van der Waals surface area contributed by atoms with E-state index in [1.165, 1.54) is 7.11 Å². The van der Waals surface area contributed by atoms with Crippen LogP contribution in [0.25, 0.3) is 0 Å². The van der Waals surface area contributed by atoms with Gasteiger partial charge in [-0.2, -0.15) is 9.59 Å². The van der Waals surface area contributed by atoms with Gasteiger partial charge >= 0.3 is 12.1 Å². The molecule has 4 nitrogen and oxygen atoms in total. The molecule has 0 spiro atoms. The van der Waals surface area contributed by atoms with E-state index in [9.17, 15) is 4.79 Å². The third-order valence-corrected chi connectivity index (χ3v) is 0.962. The van der Waals surface area contributed by atoms with E-state index < -0.39 is 0 Å². The van der Waals surface area contributed by atoms with E-state index in [4.69, 9.17) is 9.59 Å². The topological polar surface area (TPSA) is 60.4 Å². The lowest BCUT2D eigenvalue weighted by molar-refractivity contribution is -0.191. The molecular formula is C7H12O4. The molecular weight excluding hydrogens is 148 g/mol. The average molecular weight is 160 g/mol. The number of unbranched alkanes of at least 4 members (excludes halogenated alkanes) is 1. The molecule has 0 amide bonds. The zero-order valence-electron chi connectivity index (χ0n) is 6.75. The minimum Gasteiger partial charge on any atom is -0.469 e. The summed E-state index contributed by atoms with van der Waals surface area (Å²) in [7, 11) is 1.41. The second-order valence-electron chi connectivity index (χ2n) is 1.76. The highest BCUT2D eigenvalue weighted by molar-refractivity contribution is 5.68. The molecule has 0 aliphatic carbocycles. The van der Waals surface area contributed by atoms with Crippen molar-refractivity contribution >= 4 is 12.1 Å². The monoisotopic (exact) mass is 160 g/mol. The molecule has 0 atom stereocenters. The van der Waals surface area contributed by atoms with Gasteiger partial charge in [0.1, 0.15) is 0 Å². The van der Waals surface area contributed by atoms with Crippen molar-refractivity contribution in [3.05, 3.63) is 0 Å². The molecule has 0 unspecified atom stereocenters. The van der Waals surface area contributed by atoms with Crippen molar-refractivity contribution in [2.24, 2.45) is 0 Å². The maximum atomic E-state index is 10.3. The van der Waals surface area contributed by atoms with Crippen molar-refractivity contribution in [1.29, 1.82) is 0 Å². The van der Waals surface area contributed by atoms with Crippen LogP contribution in [0.2, 0.25) is 0 Å². The van der Waals surface area contributed by atoms with E-state index in [2.05, 4.69) is 4.74 Å². The average Bonchev–Trinajstić information content (AvgIpc) is 2.02. The van der Waals surface area contributed by atoms with E-state index >= 15 is 0 Å². The van der Waals surface area contributed by atoms with Crippen molar-refractivity contribution in [2.45, 2.75) is 26.2 Å². The summed E-state index contributed by atoms with van der Waals surface area (Å²) in [5.74, 6) is -0.105. The second kappa shape index (κ2) is 11.6. The first-order valence-corrected chi connectivity index (χ1v) is 3.29. The second-order valence-corrected chi connectivity index (χ2v) is 1.76. The van der Waals surface area contributed by atoms with Crippen LogP contribution < -0.4 is 0 Å². The molecule has 11 heavy (non-hydrogen) atoms. The fraction of sp³-hybridized carbons (Fsp3) is 0.714. The Morgan fingerprint density at radius 2 is 1.91 bits per heavy atom. The quantitative estimate of drug-likeness (QED) is 0.572. The Morgan fingerprint density at radius 3 is 2.18 bits per heavy atom. The molecule has 0 saturated carbocycles.